The van der Waals surface area contributed by atoms with E-state index in [1.807, 2.05) is 0 Å². The van der Waals surface area contributed by atoms with Crippen LogP contribution in [0.2, 0.25) is 0 Å². The van der Waals surface area contributed by atoms with Crippen LogP contribution in [-0.4, -0.2) is 51.3 Å². The second kappa shape index (κ2) is 7.77. The molecule has 2 unspecified atom stereocenters. The second-order valence-corrected chi connectivity index (χ2v) is 7.40. The Hall–Kier alpha value is -0.120. The predicted molar refractivity (Wildman–Crippen MR) is 85.0 cm³/mol. The van der Waals surface area contributed by atoms with Crippen molar-refractivity contribution in [2.24, 2.45) is 17.3 Å². The molecule has 20 heavy (non-hydrogen) atoms. The van der Waals surface area contributed by atoms with Gasteiger partial charge in [0.05, 0.1) is 6.61 Å². The third kappa shape index (κ3) is 4.44. The van der Waals surface area contributed by atoms with Gasteiger partial charge in [0.15, 0.2) is 0 Å². The van der Waals surface area contributed by atoms with E-state index < -0.39 is 0 Å². The summed E-state index contributed by atoms with van der Waals surface area (Å²) in [4.78, 5) is 2.72. The minimum atomic E-state index is 0.352. The van der Waals surface area contributed by atoms with Crippen molar-refractivity contribution in [2.45, 2.75) is 46.0 Å². The molecule has 2 fully saturated rings. The molecule has 0 aromatic carbocycles. The average Bonchev–Trinajstić information content (AvgIpc) is 2.65. The monoisotopic (exact) mass is 282 g/mol. The number of hydrogen-bond donors (Lipinski definition) is 1. The van der Waals surface area contributed by atoms with E-state index in [1.165, 1.54) is 51.7 Å². The van der Waals surface area contributed by atoms with E-state index >= 15 is 0 Å². The van der Waals surface area contributed by atoms with Crippen molar-refractivity contribution < 1.29 is 4.74 Å². The Morgan fingerprint density at radius 3 is 2.75 bits per heavy atom. The van der Waals surface area contributed by atoms with Crippen molar-refractivity contribution in [2.75, 3.05) is 46.4 Å². The molecule has 2 aliphatic rings. The zero-order valence-corrected chi connectivity index (χ0v) is 13.8. The van der Waals surface area contributed by atoms with Crippen molar-refractivity contribution >= 4 is 0 Å². The molecule has 118 valence electrons. The molecule has 2 aliphatic heterocycles. The number of rotatable bonds is 5. The Morgan fingerprint density at radius 2 is 2.10 bits per heavy atom. The Balaban J connectivity index is 1.90. The van der Waals surface area contributed by atoms with Gasteiger partial charge in [-0.1, -0.05) is 13.8 Å². The molecule has 3 nitrogen and oxygen atoms in total. The maximum absolute atomic E-state index is 5.80. The fraction of sp³-hybridized carbons (Fsp3) is 1.00. The SMILES string of the molecule is CNCC1(CN2CCCC(C(C)C)CC2)CCCOC1. The lowest BCUT2D eigenvalue weighted by Gasteiger charge is -2.40. The van der Waals surface area contributed by atoms with E-state index in [4.69, 9.17) is 4.74 Å². The highest BCUT2D eigenvalue weighted by molar-refractivity contribution is 4.88. The Morgan fingerprint density at radius 1 is 1.25 bits per heavy atom. The van der Waals surface area contributed by atoms with Gasteiger partial charge >= 0.3 is 0 Å². The van der Waals surface area contributed by atoms with Gasteiger partial charge in [-0.25, -0.2) is 0 Å². The van der Waals surface area contributed by atoms with Gasteiger partial charge < -0.3 is 15.0 Å². The zero-order chi connectivity index (χ0) is 14.4. The van der Waals surface area contributed by atoms with Crippen molar-refractivity contribution in [1.82, 2.24) is 10.2 Å². The normalized spacial score (nSPS) is 33.3. The fourth-order valence-corrected chi connectivity index (χ4v) is 4.09. The summed E-state index contributed by atoms with van der Waals surface area (Å²) in [5, 5.41) is 3.40. The van der Waals surface area contributed by atoms with Crippen LogP contribution in [0.4, 0.5) is 0 Å². The van der Waals surface area contributed by atoms with Crippen LogP contribution in [0.5, 0.6) is 0 Å². The first-order chi connectivity index (χ1) is 9.65. The summed E-state index contributed by atoms with van der Waals surface area (Å²) in [5.74, 6) is 1.78. The van der Waals surface area contributed by atoms with Crippen molar-refractivity contribution in [3.8, 4) is 0 Å². The highest BCUT2D eigenvalue weighted by atomic mass is 16.5. The molecule has 0 saturated carbocycles. The quantitative estimate of drug-likeness (QED) is 0.839. The van der Waals surface area contributed by atoms with E-state index in [0.29, 0.717) is 5.41 Å². The molecular formula is C17H34N2O. The summed E-state index contributed by atoms with van der Waals surface area (Å²) in [7, 11) is 2.08. The number of hydrogen-bond acceptors (Lipinski definition) is 3. The van der Waals surface area contributed by atoms with Gasteiger partial charge in [-0.3, -0.25) is 0 Å². The average molecular weight is 282 g/mol. The maximum atomic E-state index is 5.80. The lowest BCUT2D eigenvalue weighted by Crippen LogP contribution is -2.48. The third-order valence-corrected chi connectivity index (χ3v) is 5.32. The second-order valence-electron chi connectivity index (χ2n) is 7.40. The summed E-state index contributed by atoms with van der Waals surface area (Å²) < 4.78 is 5.80. The van der Waals surface area contributed by atoms with Crippen LogP contribution in [0.25, 0.3) is 0 Å². The van der Waals surface area contributed by atoms with E-state index in [2.05, 4.69) is 31.1 Å². The highest BCUT2D eigenvalue weighted by Gasteiger charge is 2.34. The minimum Gasteiger partial charge on any atom is -0.381 e. The van der Waals surface area contributed by atoms with Gasteiger partial charge in [0.2, 0.25) is 0 Å². The number of ether oxygens (including phenoxy) is 1. The molecule has 0 aromatic rings. The van der Waals surface area contributed by atoms with Crippen LogP contribution in [0.15, 0.2) is 0 Å². The molecule has 2 rings (SSSR count). The van der Waals surface area contributed by atoms with Crippen LogP contribution in [0.1, 0.15) is 46.0 Å². The maximum Gasteiger partial charge on any atom is 0.0546 e. The van der Waals surface area contributed by atoms with Crippen LogP contribution >= 0.6 is 0 Å². The first kappa shape index (κ1) is 16.3. The van der Waals surface area contributed by atoms with E-state index in [1.54, 1.807) is 0 Å². The van der Waals surface area contributed by atoms with Gasteiger partial charge in [-0.15, -0.1) is 0 Å². The Kier molecular flexibility index (Phi) is 6.31. The van der Waals surface area contributed by atoms with Crippen molar-refractivity contribution in [3.05, 3.63) is 0 Å². The molecular weight excluding hydrogens is 248 g/mol. The molecule has 2 saturated heterocycles. The van der Waals surface area contributed by atoms with Crippen LogP contribution in [-0.2, 0) is 4.74 Å². The van der Waals surface area contributed by atoms with Gasteiger partial charge in [0.25, 0.3) is 0 Å². The van der Waals surface area contributed by atoms with Crippen molar-refractivity contribution in [1.29, 1.82) is 0 Å². The molecule has 0 aliphatic carbocycles. The number of nitrogens with zero attached hydrogens (tertiary/aromatic N) is 1. The molecule has 0 amide bonds. The molecule has 0 spiro atoms. The molecule has 1 N–H and O–H groups in total. The van der Waals surface area contributed by atoms with Crippen LogP contribution in [0, 0.1) is 17.3 Å². The summed E-state index contributed by atoms with van der Waals surface area (Å²) in [6, 6.07) is 0. The number of nitrogens with one attached hydrogen (secondary N) is 1. The Labute approximate surface area is 125 Å². The largest absolute Gasteiger partial charge is 0.381 e. The molecule has 0 bridgehead atoms. The van der Waals surface area contributed by atoms with Gasteiger partial charge in [-0.2, -0.15) is 0 Å². The fourth-order valence-electron chi connectivity index (χ4n) is 4.09. The summed E-state index contributed by atoms with van der Waals surface area (Å²) >= 11 is 0. The lowest BCUT2D eigenvalue weighted by atomic mass is 9.81. The van der Waals surface area contributed by atoms with Gasteiger partial charge in [-0.05, 0) is 64.1 Å². The van der Waals surface area contributed by atoms with Gasteiger partial charge in [0, 0.05) is 25.1 Å². The minimum absolute atomic E-state index is 0.352. The van der Waals surface area contributed by atoms with Gasteiger partial charge in [0.1, 0.15) is 0 Å². The smallest absolute Gasteiger partial charge is 0.0546 e. The third-order valence-electron chi connectivity index (χ3n) is 5.32. The number of likely N-dealkylation sites (tertiary alicyclic amines) is 1. The van der Waals surface area contributed by atoms with E-state index in [0.717, 1.165) is 31.6 Å². The topological polar surface area (TPSA) is 24.5 Å². The highest BCUT2D eigenvalue weighted by Crippen LogP contribution is 2.31. The molecule has 0 aromatic heterocycles. The van der Waals surface area contributed by atoms with Crippen LogP contribution < -0.4 is 5.32 Å². The summed E-state index contributed by atoms with van der Waals surface area (Å²) in [6.07, 6.45) is 6.72. The summed E-state index contributed by atoms with van der Waals surface area (Å²) in [6.45, 7) is 11.6. The van der Waals surface area contributed by atoms with E-state index in [-0.39, 0.29) is 0 Å². The molecule has 2 heterocycles. The van der Waals surface area contributed by atoms with Crippen LogP contribution in [0.3, 0.4) is 0 Å². The molecule has 0 radical (unpaired) electrons. The molecule has 3 heteroatoms. The first-order valence-electron chi connectivity index (χ1n) is 8.60. The predicted octanol–water partition coefficient (Wildman–Crippen LogP) is 2.76. The first-order valence-corrected chi connectivity index (χ1v) is 8.60. The Bertz CT molecular complexity index is 269. The zero-order valence-electron chi connectivity index (χ0n) is 13.8. The lowest BCUT2D eigenvalue weighted by molar-refractivity contribution is -0.0251. The van der Waals surface area contributed by atoms with E-state index in [9.17, 15) is 0 Å². The standard InChI is InChI=1S/C17H34N2O/c1-15(2)16-6-4-9-19(10-7-16)13-17(12-18-3)8-5-11-20-14-17/h15-16,18H,4-14H2,1-3H3. The molecule has 2 atom stereocenters. The summed E-state index contributed by atoms with van der Waals surface area (Å²) in [5.41, 5.74) is 0.352. The van der Waals surface area contributed by atoms with Crippen molar-refractivity contribution in [3.63, 3.8) is 0 Å².